The van der Waals surface area contributed by atoms with Crippen LogP contribution in [0.3, 0.4) is 0 Å². The number of H-pyrrole nitrogens is 2. The molecule has 1 aliphatic rings. The normalized spacial score (nSPS) is 17.5. The van der Waals surface area contributed by atoms with Crippen molar-refractivity contribution in [2.75, 3.05) is 20.6 Å². The van der Waals surface area contributed by atoms with E-state index in [-0.39, 0.29) is 17.8 Å². The molecule has 2 N–H and O–H groups in total. The van der Waals surface area contributed by atoms with Gasteiger partial charge in [0.25, 0.3) is 5.91 Å². The largest absolute Gasteiger partial charge is 0.351 e. The summed E-state index contributed by atoms with van der Waals surface area (Å²) in [4.78, 5) is 20.1. The minimum Gasteiger partial charge on any atom is -0.351 e. The number of hydrogen-bond acceptors (Lipinski definition) is 3. The van der Waals surface area contributed by atoms with Gasteiger partial charge in [0, 0.05) is 29.7 Å². The van der Waals surface area contributed by atoms with Crippen LogP contribution in [0.4, 0.5) is 4.39 Å². The van der Waals surface area contributed by atoms with Crippen LogP contribution in [0.25, 0.3) is 10.9 Å². The second-order valence-corrected chi connectivity index (χ2v) is 7.13. The summed E-state index contributed by atoms with van der Waals surface area (Å²) in [5, 5.41) is 8.19. The van der Waals surface area contributed by atoms with Crippen molar-refractivity contribution in [2.24, 2.45) is 0 Å². The summed E-state index contributed by atoms with van der Waals surface area (Å²) in [5.74, 6) is -0.374. The molecule has 0 unspecified atom stereocenters. The lowest BCUT2D eigenvalue weighted by molar-refractivity contribution is 0.0728. The molecule has 0 saturated carbocycles. The van der Waals surface area contributed by atoms with Crippen molar-refractivity contribution in [2.45, 2.75) is 25.4 Å². The van der Waals surface area contributed by atoms with Gasteiger partial charge >= 0.3 is 0 Å². The molecule has 0 radical (unpaired) electrons. The molecule has 1 saturated heterocycles. The molecular formula is C19H22FN5O. The van der Waals surface area contributed by atoms with Crippen molar-refractivity contribution >= 4 is 16.8 Å². The van der Waals surface area contributed by atoms with Gasteiger partial charge in [0.2, 0.25) is 0 Å². The van der Waals surface area contributed by atoms with Crippen LogP contribution in [0.15, 0.2) is 30.3 Å². The van der Waals surface area contributed by atoms with E-state index in [0.717, 1.165) is 36.3 Å². The lowest BCUT2D eigenvalue weighted by Crippen LogP contribution is -2.31. The maximum absolute atomic E-state index is 13.4. The number of nitrogens with one attached hydrogen (secondary N) is 2. The van der Waals surface area contributed by atoms with E-state index < -0.39 is 0 Å². The first-order valence-electron chi connectivity index (χ1n) is 8.79. The van der Waals surface area contributed by atoms with E-state index in [0.29, 0.717) is 17.6 Å². The number of amides is 1. The number of carbonyl (C=O) groups is 1. The number of carbonyl (C=O) groups excluding carboxylic acids is 1. The average molecular weight is 355 g/mol. The third-order valence-corrected chi connectivity index (χ3v) is 4.81. The highest BCUT2D eigenvalue weighted by atomic mass is 19.1. The number of halogens is 1. The van der Waals surface area contributed by atoms with Gasteiger partial charge in [0.05, 0.1) is 11.7 Å². The summed E-state index contributed by atoms with van der Waals surface area (Å²) < 4.78 is 13.4. The highest BCUT2D eigenvalue weighted by Gasteiger charge is 2.33. The molecule has 1 aromatic carbocycles. The third-order valence-electron chi connectivity index (χ3n) is 4.81. The standard InChI is InChI=1S/C19H22FN5O/c1-24(2)11-14-10-16(23-22-14)18-4-3-7-25(18)19(26)17-9-12-8-13(20)5-6-15(12)21-17/h5-6,8-10,18,21H,3-4,7,11H2,1-2H3,(H,22,23)/t18-/m1/s1. The second kappa shape index (κ2) is 6.57. The third kappa shape index (κ3) is 3.10. The first kappa shape index (κ1) is 16.8. The van der Waals surface area contributed by atoms with E-state index in [9.17, 15) is 9.18 Å². The smallest absolute Gasteiger partial charge is 0.270 e. The Morgan fingerprint density at radius 2 is 2.19 bits per heavy atom. The predicted molar refractivity (Wildman–Crippen MR) is 97.2 cm³/mol. The molecular weight excluding hydrogens is 333 g/mol. The zero-order chi connectivity index (χ0) is 18.3. The number of likely N-dealkylation sites (tertiary alicyclic amines) is 1. The van der Waals surface area contributed by atoms with Gasteiger partial charge in [0.1, 0.15) is 11.5 Å². The Hall–Kier alpha value is -2.67. The molecule has 7 heteroatoms. The molecule has 1 amide bonds. The van der Waals surface area contributed by atoms with Crippen LogP contribution in [-0.2, 0) is 6.54 Å². The van der Waals surface area contributed by atoms with Crippen LogP contribution < -0.4 is 0 Å². The zero-order valence-electron chi connectivity index (χ0n) is 14.9. The van der Waals surface area contributed by atoms with E-state index in [4.69, 9.17) is 0 Å². The van der Waals surface area contributed by atoms with Crippen molar-refractivity contribution in [1.82, 2.24) is 25.0 Å². The molecule has 1 fully saturated rings. The molecule has 0 aliphatic carbocycles. The molecule has 4 rings (SSSR count). The van der Waals surface area contributed by atoms with Gasteiger partial charge in [-0.1, -0.05) is 0 Å². The molecule has 1 atom stereocenters. The molecule has 1 aliphatic heterocycles. The van der Waals surface area contributed by atoms with Crippen LogP contribution in [0.5, 0.6) is 0 Å². The van der Waals surface area contributed by atoms with Gasteiger partial charge in [-0.25, -0.2) is 4.39 Å². The van der Waals surface area contributed by atoms with Crippen LogP contribution in [0, 0.1) is 5.82 Å². The number of fused-ring (bicyclic) bond motifs is 1. The SMILES string of the molecule is CN(C)Cc1cc([C@H]2CCCN2C(=O)c2cc3cc(F)ccc3[nH]2)n[nH]1. The Balaban J connectivity index is 1.58. The Morgan fingerprint density at radius 3 is 3.00 bits per heavy atom. The lowest BCUT2D eigenvalue weighted by Gasteiger charge is -2.22. The Bertz CT molecular complexity index is 944. The first-order chi connectivity index (χ1) is 12.5. The van der Waals surface area contributed by atoms with E-state index in [1.807, 2.05) is 25.1 Å². The number of hydrogen-bond donors (Lipinski definition) is 2. The van der Waals surface area contributed by atoms with Gasteiger partial charge in [-0.2, -0.15) is 5.10 Å². The van der Waals surface area contributed by atoms with E-state index in [1.54, 1.807) is 12.1 Å². The van der Waals surface area contributed by atoms with Gasteiger partial charge in [0.15, 0.2) is 0 Å². The maximum Gasteiger partial charge on any atom is 0.270 e. The summed E-state index contributed by atoms with van der Waals surface area (Å²) >= 11 is 0. The predicted octanol–water partition coefficient (Wildman–Crippen LogP) is 3.07. The summed E-state index contributed by atoms with van der Waals surface area (Å²) in [6.07, 6.45) is 1.84. The highest BCUT2D eigenvalue weighted by molar-refractivity contribution is 5.98. The Labute approximate surface area is 151 Å². The van der Waals surface area contributed by atoms with Crippen LogP contribution in [-0.4, -0.2) is 51.5 Å². The summed E-state index contributed by atoms with van der Waals surface area (Å²) in [7, 11) is 4.01. The van der Waals surface area contributed by atoms with Gasteiger partial charge in [-0.05, 0) is 57.3 Å². The topological polar surface area (TPSA) is 68.0 Å². The summed E-state index contributed by atoms with van der Waals surface area (Å²) in [5.41, 5.74) is 3.18. The number of nitrogens with zero attached hydrogens (tertiary/aromatic N) is 3. The minimum absolute atomic E-state index is 0.0298. The molecule has 0 bridgehead atoms. The van der Waals surface area contributed by atoms with Crippen molar-refractivity contribution < 1.29 is 9.18 Å². The van der Waals surface area contributed by atoms with E-state index in [1.165, 1.54) is 12.1 Å². The first-order valence-corrected chi connectivity index (χ1v) is 8.79. The fourth-order valence-electron chi connectivity index (χ4n) is 3.66. The highest BCUT2D eigenvalue weighted by Crippen LogP contribution is 2.33. The molecule has 3 heterocycles. The average Bonchev–Trinajstić information content (AvgIpc) is 3.31. The van der Waals surface area contributed by atoms with Crippen LogP contribution >= 0.6 is 0 Å². The van der Waals surface area contributed by atoms with Crippen molar-refractivity contribution in [3.05, 3.63) is 53.2 Å². The molecule has 26 heavy (non-hydrogen) atoms. The lowest BCUT2D eigenvalue weighted by atomic mass is 10.1. The van der Waals surface area contributed by atoms with Gasteiger partial charge in [-0.15, -0.1) is 0 Å². The van der Waals surface area contributed by atoms with Crippen molar-refractivity contribution in [3.8, 4) is 0 Å². The van der Waals surface area contributed by atoms with Gasteiger partial charge < -0.3 is 14.8 Å². The van der Waals surface area contributed by atoms with E-state index >= 15 is 0 Å². The van der Waals surface area contributed by atoms with Gasteiger partial charge in [-0.3, -0.25) is 9.89 Å². The van der Waals surface area contributed by atoms with Crippen molar-refractivity contribution in [3.63, 3.8) is 0 Å². The summed E-state index contributed by atoms with van der Waals surface area (Å²) in [6, 6.07) is 8.21. The minimum atomic E-state index is -0.306. The van der Waals surface area contributed by atoms with Crippen LogP contribution in [0.1, 0.15) is 40.8 Å². The summed E-state index contributed by atoms with van der Waals surface area (Å²) in [6.45, 7) is 1.48. The molecule has 2 aromatic heterocycles. The fourth-order valence-corrected chi connectivity index (χ4v) is 3.66. The second-order valence-electron chi connectivity index (χ2n) is 7.13. The van der Waals surface area contributed by atoms with Crippen LogP contribution in [0.2, 0.25) is 0 Å². The van der Waals surface area contributed by atoms with Crippen molar-refractivity contribution in [1.29, 1.82) is 0 Å². The molecule has 136 valence electrons. The quantitative estimate of drug-likeness (QED) is 0.756. The monoisotopic (exact) mass is 355 g/mol. The number of aromatic amines is 2. The number of rotatable bonds is 4. The number of aromatic nitrogens is 3. The maximum atomic E-state index is 13.4. The molecule has 3 aromatic rings. The molecule has 6 nitrogen and oxygen atoms in total. The Kier molecular flexibility index (Phi) is 4.24. The Morgan fingerprint density at radius 1 is 1.35 bits per heavy atom. The number of benzene rings is 1. The zero-order valence-corrected chi connectivity index (χ0v) is 14.9. The molecule has 0 spiro atoms. The van der Waals surface area contributed by atoms with E-state index in [2.05, 4.69) is 20.1 Å². The fraction of sp³-hybridized carbons (Fsp3) is 0.368.